The molecule has 4 rings (SSSR count). The number of aromatic nitrogens is 3. The van der Waals surface area contributed by atoms with Crippen LogP contribution < -0.4 is 15.2 Å². The normalized spacial score (nSPS) is 18.1. The first-order valence-corrected chi connectivity index (χ1v) is 12.3. The third kappa shape index (κ3) is 6.18. The molecule has 9 heteroatoms. The predicted octanol–water partition coefficient (Wildman–Crippen LogP) is 4.39. The number of hydrazone groups is 1. The van der Waals surface area contributed by atoms with Gasteiger partial charge < -0.3 is 14.9 Å². The first-order chi connectivity index (χ1) is 15.2. The Morgan fingerprint density at radius 2 is 1.39 bits per heavy atom. The van der Waals surface area contributed by atoms with Gasteiger partial charge in [-0.05, 0) is 66.5 Å². The summed E-state index contributed by atoms with van der Waals surface area (Å²) < 4.78 is 1.03. The molecule has 31 heavy (non-hydrogen) atoms. The molecule has 1 aromatic carbocycles. The third-order valence-corrected chi connectivity index (χ3v) is 6.42. The van der Waals surface area contributed by atoms with E-state index in [9.17, 15) is 5.11 Å². The fraction of sp³-hybridized carbons (Fsp3) is 0.545. The topological polar surface area (TPSA) is 89.8 Å². The van der Waals surface area contributed by atoms with Crippen LogP contribution in [0, 0.1) is 3.57 Å². The molecule has 1 aromatic heterocycles. The second-order valence-electron chi connectivity index (χ2n) is 8.13. The molecule has 0 bridgehead atoms. The average molecular weight is 535 g/mol. The van der Waals surface area contributed by atoms with Gasteiger partial charge in [-0.3, -0.25) is 0 Å². The summed E-state index contributed by atoms with van der Waals surface area (Å²) in [6.45, 7) is 3.90. The fourth-order valence-electron chi connectivity index (χ4n) is 4.02. The lowest BCUT2D eigenvalue weighted by Gasteiger charge is -2.24. The minimum atomic E-state index is 0.192. The second kappa shape index (κ2) is 10.9. The number of hydrogen-bond acceptors (Lipinski definition) is 8. The van der Waals surface area contributed by atoms with Crippen LogP contribution in [0.5, 0.6) is 5.75 Å². The zero-order valence-electron chi connectivity index (χ0n) is 17.8. The number of phenolic OH excluding ortho intramolecular Hbond substituents is 1. The first-order valence-electron chi connectivity index (χ1n) is 11.2. The number of nitrogens with zero attached hydrogens (tertiary/aromatic N) is 6. The van der Waals surface area contributed by atoms with Crippen molar-refractivity contribution < 1.29 is 5.11 Å². The Kier molecular flexibility index (Phi) is 7.76. The van der Waals surface area contributed by atoms with E-state index in [2.05, 4.69) is 52.9 Å². The fourth-order valence-corrected chi connectivity index (χ4v) is 4.53. The number of hydrogen-bond donors (Lipinski definition) is 2. The van der Waals surface area contributed by atoms with Gasteiger partial charge in [-0.1, -0.05) is 25.7 Å². The van der Waals surface area contributed by atoms with Crippen LogP contribution in [0.1, 0.15) is 56.9 Å². The maximum absolute atomic E-state index is 10.0. The molecular weight excluding hydrogens is 505 g/mol. The van der Waals surface area contributed by atoms with E-state index in [1.54, 1.807) is 12.3 Å². The summed E-state index contributed by atoms with van der Waals surface area (Å²) in [4.78, 5) is 18.8. The lowest BCUT2D eigenvalue weighted by molar-refractivity contribution is 0.474. The Hall–Kier alpha value is -2.17. The van der Waals surface area contributed by atoms with Gasteiger partial charge in [0.15, 0.2) is 0 Å². The summed E-state index contributed by atoms with van der Waals surface area (Å²) in [7, 11) is 0. The van der Waals surface area contributed by atoms with Gasteiger partial charge >= 0.3 is 0 Å². The van der Waals surface area contributed by atoms with Gasteiger partial charge in [0.25, 0.3) is 0 Å². The van der Waals surface area contributed by atoms with Crippen LogP contribution >= 0.6 is 22.6 Å². The van der Waals surface area contributed by atoms with Gasteiger partial charge in [-0.25, -0.2) is 5.43 Å². The molecule has 2 aliphatic rings. The van der Waals surface area contributed by atoms with Crippen LogP contribution in [0.4, 0.5) is 17.8 Å². The molecule has 2 fully saturated rings. The van der Waals surface area contributed by atoms with Crippen molar-refractivity contribution in [3.05, 3.63) is 27.3 Å². The van der Waals surface area contributed by atoms with Gasteiger partial charge in [0.05, 0.1) is 6.21 Å². The maximum atomic E-state index is 10.0. The van der Waals surface area contributed by atoms with Gasteiger partial charge in [-0.15, -0.1) is 0 Å². The van der Waals surface area contributed by atoms with Crippen molar-refractivity contribution in [2.45, 2.75) is 51.4 Å². The SMILES string of the molecule is Oc1ccc(I)cc1C=NNc1nc(N2CCCCCC2)nc(N2CCCCCC2)n1. The number of anilines is 3. The van der Waals surface area contributed by atoms with Crippen molar-refractivity contribution in [3.63, 3.8) is 0 Å². The van der Waals surface area contributed by atoms with Gasteiger partial charge in [-0.2, -0.15) is 20.1 Å². The van der Waals surface area contributed by atoms with E-state index in [4.69, 9.17) is 4.98 Å². The molecule has 2 aliphatic heterocycles. The summed E-state index contributed by atoms with van der Waals surface area (Å²) in [6, 6.07) is 5.40. The number of nitrogens with one attached hydrogen (secondary N) is 1. The van der Waals surface area contributed by atoms with Crippen molar-refractivity contribution in [2.24, 2.45) is 5.10 Å². The van der Waals surface area contributed by atoms with Crippen molar-refractivity contribution >= 4 is 46.7 Å². The highest BCUT2D eigenvalue weighted by atomic mass is 127. The zero-order chi connectivity index (χ0) is 21.5. The first kappa shape index (κ1) is 22.0. The molecule has 2 saturated heterocycles. The lowest BCUT2D eigenvalue weighted by Crippen LogP contribution is -2.30. The Labute approximate surface area is 197 Å². The Morgan fingerprint density at radius 1 is 0.839 bits per heavy atom. The highest BCUT2D eigenvalue weighted by Crippen LogP contribution is 2.22. The van der Waals surface area contributed by atoms with Gasteiger partial charge in [0.2, 0.25) is 17.8 Å². The van der Waals surface area contributed by atoms with Crippen LogP contribution in [-0.4, -0.2) is 52.5 Å². The average Bonchev–Trinajstić information content (AvgIpc) is 3.21. The molecular formula is C22H30IN7O. The Balaban J connectivity index is 1.58. The summed E-state index contributed by atoms with van der Waals surface area (Å²) in [5, 5.41) is 14.3. The number of benzene rings is 1. The molecule has 2 aromatic rings. The number of aromatic hydroxyl groups is 1. The van der Waals surface area contributed by atoms with Crippen LogP contribution in [0.3, 0.4) is 0 Å². The summed E-state index contributed by atoms with van der Waals surface area (Å²) >= 11 is 2.21. The molecule has 0 saturated carbocycles. The third-order valence-electron chi connectivity index (χ3n) is 5.75. The van der Waals surface area contributed by atoms with E-state index in [1.165, 1.54) is 25.7 Å². The smallest absolute Gasteiger partial charge is 0.250 e. The molecule has 3 heterocycles. The highest BCUT2D eigenvalue weighted by Gasteiger charge is 2.19. The number of rotatable bonds is 5. The van der Waals surface area contributed by atoms with E-state index >= 15 is 0 Å². The molecule has 0 spiro atoms. The van der Waals surface area contributed by atoms with Crippen molar-refractivity contribution in [1.82, 2.24) is 15.0 Å². The molecule has 0 unspecified atom stereocenters. The van der Waals surface area contributed by atoms with Crippen LogP contribution in [-0.2, 0) is 0 Å². The van der Waals surface area contributed by atoms with E-state index in [0.717, 1.165) is 67.3 Å². The minimum absolute atomic E-state index is 0.192. The Bertz CT molecular complexity index is 853. The second-order valence-corrected chi connectivity index (χ2v) is 9.38. The van der Waals surface area contributed by atoms with E-state index < -0.39 is 0 Å². The summed E-state index contributed by atoms with van der Waals surface area (Å²) in [5.41, 5.74) is 3.62. The quantitative estimate of drug-likeness (QED) is 0.334. The summed E-state index contributed by atoms with van der Waals surface area (Å²) in [6.07, 6.45) is 11.3. The summed E-state index contributed by atoms with van der Waals surface area (Å²) in [5.74, 6) is 2.09. The number of halogens is 1. The molecule has 0 atom stereocenters. The molecule has 0 amide bonds. The molecule has 166 valence electrons. The lowest BCUT2D eigenvalue weighted by atomic mass is 10.2. The van der Waals surface area contributed by atoms with Crippen LogP contribution in [0.2, 0.25) is 0 Å². The molecule has 0 aliphatic carbocycles. The van der Waals surface area contributed by atoms with E-state index in [1.807, 2.05) is 12.1 Å². The van der Waals surface area contributed by atoms with Crippen LogP contribution in [0.25, 0.3) is 0 Å². The molecule has 0 radical (unpaired) electrons. The van der Waals surface area contributed by atoms with Crippen molar-refractivity contribution in [3.8, 4) is 5.75 Å². The van der Waals surface area contributed by atoms with Crippen LogP contribution in [0.15, 0.2) is 23.3 Å². The predicted molar refractivity (Wildman–Crippen MR) is 133 cm³/mol. The van der Waals surface area contributed by atoms with Gasteiger partial charge in [0, 0.05) is 35.3 Å². The van der Waals surface area contributed by atoms with Gasteiger partial charge in [0.1, 0.15) is 5.75 Å². The number of phenols is 1. The van der Waals surface area contributed by atoms with Crippen molar-refractivity contribution in [2.75, 3.05) is 41.4 Å². The minimum Gasteiger partial charge on any atom is -0.507 e. The monoisotopic (exact) mass is 535 g/mol. The van der Waals surface area contributed by atoms with E-state index in [0.29, 0.717) is 11.5 Å². The standard InChI is InChI=1S/C22H30IN7O/c23-18-9-10-19(31)17(15-18)16-24-28-20-25-21(29-11-5-1-2-6-12-29)27-22(26-20)30-13-7-3-4-8-14-30/h9-10,15-16,31H,1-8,11-14H2,(H,25,26,27,28). The largest absolute Gasteiger partial charge is 0.507 e. The zero-order valence-corrected chi connectivity index (χ0v) is 20.0. The molecule has 8 nitrogen and oxygen atoms in total. The van der Waals surface area contributed by atoms with E-state index in [-0.39, 0.29) is 5.75 Å². The van der Waals surface area contributed by atoms with Crippen molar-refractivity contribution in [1.29, 1.82) is 0 Å². The highest BCUT2D eigenvalue weighted by molar-refractivity contribution is 14.1. The molecule has 2 N–H and O–H groups in total. The Morgan fingerprint density at radius 3 is 1.94 bits per heavy atom. The maximum Gasteiger partial charge on any atom is 0.250 e.